The van der Waals surface area contributed by atoms with Crippen LogP contribution in [-0.2, 0) is 4.74 Å². The molecule has 0 amide bonds. The highest BCUT2D eigenvalue weighted by molar-refractivity contribution is 14.0. The van der Waals surface area contributed by atoms with E-state index in [0.717, 1.165) is 32.4 Å². The quantitative estimate of drug-likeness (QED) is 0.669. The van der Waals surface area contributed by atoms with Gasteiger partial charge in [0.15, 0.2) is 0 Å². The molecule has 3 atom stereocenters. The van der Waals surface area contributed by atoms with Gasteiger partial charge < -0.3 is 14.6 Å². The van der Waals surface area contributed by atoms with Crippen molar-refractivity contribution in [3.8, 4) is 5.75 Å². The van der Waals surface area contributed by atoms with Crippen molar-refractivity contribution in [2.75, 3.05) is 32.9 Å². The lowest BCUT2D eigenvalue weighted by atomic mass is 9.89. The molecule has 2 fully saturated rings. The minimum atomic E-state index is -0.367. The van der Waals surface area contributed by atoms with E-state index in [1.165, 1.54) is 12.1 Å². The smallest absolute Gasteiger partial charge is 0.138 e. The van der Waals surface area contributed by atoms with Gasteiger partial charge in [-0.1, -0.05) is 11.6 Å². The molecule has 3 unspecified atom stereocenters. The Morgan fingerprint density at radius 1 is 1.38 bits per heavy atom. The molecule has 136 valence electrons. The number of benzene rings is 1. The number of rotatable bonds is 5. The summed E-state index contributed by atoms with van der Waals surface area (Å²) < 4.78 is 24.3. The Labute approximate surface area is 164 Å². The van der Waals surface area contributed by atoms with Crippen LogP contribution in [0.2, 0.25) is 5.02 Å². The zero-order valence-electron chi connectivity index (χ0n) is 13.5. The van der Waals surface area contributed by atoms with E-state index in [1.807, 2.05) is 0 Å². The highest BCUT2D eigenvalue weighted by Crippen LogP contribution is 2.30. The maximum absolute atomic E-state index is 13.0. The molecular weight excluding hydrogens is 448 g/mol. The molecule has 1 aromatic carbocycles. The number of halogens is 3. The molecule has 7 heteroatoms. The van der Waals surface area contributed by atoms with Gasteiger partial charge in [0.2, 0.25) is 0 Å². The first kappa shape index (κ1) is 20.2. The number of nitrogens with zero attached hydrogens (tertiary/aromatic N) is 1. The molecule has 0 spiro atoms. The average Bonchev–Trinajstić information content (AvgIpc) is 2.98. The molecule has 0 aliphatic carbocycles. The van der Waals surface area contributed by atoms with Crippen LogP contribution in [0.15, 0.2) is 18.2 Å². The van der Waals surface area contributed by atoms with Gasteiger partial charge in [0.05, 0.1) is 17.7 Å². The van der Waals surface area contributed by atoms with Gasteiger partial charge in [0, 0.05) is 25.1 Å². The van der Waals surface area contributed by atoms with Crippen LogP contribution >= 0.6 is 35.6 Å². The second kappa shape index (κ2) is 9.52. The van der Waals surface area contributed by atoms with Crippen LogP contribution in [0.3, 0.4) is 0 Å². The van der Waals surface area contributed by atoms with Crippen molar-refractivity contribution in [3.05, 3.63) is 29.0 Å². The van der Waals surface area contributed by atoms with Crippen molar-refractivity contribution >= 4 is 35.6 Å². The summed E-state index contributed by atoms with van der Waals surface area (Å²) in [5, 5.41) is 10.5. The van der Waals surface area contributed by atoms with Crippen molar-refractivity contribution in [1.29, 1.82) is 0 Å². The minimum absolute atomic E-state index is 0. The van der Waals surface area contributed by atoms with Crippen molar-refractivity contribution in [1.82, 2.24) is 4.90 Å². The number of ether oxygens (including phenoxy) is 2. The zero-order chi connectivity index (χ0) is 16.2. The van der Waals surface area contributed by atoms with E-state index in [9.17, 15) is 9.50 Å². The van der Waals surface area contributed by atoms with Gasteiger partial charge in [-0.15, -0.1) is 24.0 Å². The molecule has 2 saturated heterocycles. The zero-order valence-corrected chi connectivity index (χ0v) is 16.6. The summed E-state index contributed by atoms with van der Waals surface area (Å²) in [6.45, 7) is 3.55. The predicted octanol–water partition coefficient (Wildman–Crippen LogP) is 3.34. The van der Waals surface area contributed by atoms with E-state index in [0.29, 0.717) is 36.6 Å². The first-order valence-electron chi connectivity index (χ1n) is 8.23. The first-order valence-corrected chi connectivity index (χ1v) is 8.60. The van der Waals surface area contributed by atoms with Gasteiger partial charge in [-0.2, -0.15) is 0 Å². The van der Waals surface area contributed by atoms with Crippen LogP contribution in [0.1, 0.15) is 19.3 Å². The van der Waals surface area contributed by atoms with E-state index in [1.54, 1.807) is 6.07 Å². The van der Waals surface area contributed by atoms with E-state index < -0.39 is 0 Å². The Morgan fingerprint density at radius 3 is 2.96 bits per heavy atom. The second-order valence-electron chi connectivity index (χ2n) is 6.26. The lowest BCUT2D eigenvalue weighted by molar-refractivity contribution is -0.0634. The fourth-order valence-electron chi connectivity index (χ4n) is 3.60. The fourth-order valence-corrected chi connectivity index (χ4v) is 3.82. The molecule has 4 nitrogen and oxygen atoms in total. The molecular formula is C17H24ClFINO3. The maximum Gasteiger partial charge on any atom is 0.138 e. The van der Waals surface area contributed by atoms with Crippen LogP contribution < -0.4 is 4.74 Å². The summed E-state index contributed by atoms with van der Waals surface area (Å²) in [7, 11) is 0. The molecule has 3 rings (SSSR count). The molecule has 2 aliphatic heterocycles. The first-order chi connectivity index (χ1) is 11.1. The monoisotopic (exact) mass is 471 g/mol. The Balaban J connectivity index is 0.00000208. The standard InChI is InChI=1S/C17H23ClFNO3.HI/c18-14-10-12(19)3-4-17(14)23-9-7-20-6-1-2-15(20)13-11-22-8-5-16(13)21;/h3-4,10,13,15-16,21H,1-2,5-9,11H2;1H. The number of hydrogen-bond acceptors (Lipinski definition) is 4. The van der Waals surface area contributed by atoms with Crippen LogP contribution in [-0.4, -0.2) is 55.1 Å². The molecule has 0 aromatic heterocycles. The molecule has 1 aromatic rings. The van der Waals surface area contributed by atoms with Crippen LogP contribution in [0.4, 0.5) is 4.39 Å². The maximum atomic E-state index is 13.0. The normalized spacial score (nSPS) is 27.7. The number of likely N-dealkylation sites (tertiary alicyclic amines) is 1. The van der Waals surface area contributed by atoms with Crippen LogP contribution in [0.5, 0.6) is 5.75 Å². The van der Waals surface area contributed by atoms with Gasteiger partial charge >= 0.3 is 0 Å². The second-order valence-corrected chi connectivity index (χ2v) is 6.67. The summed E-state index contributed by atoms with van der Waals surface area (Å²) in [6.07, 6.45) is 2.66. The minimum Gasteiger partial charge on any atom is -0.491 e. The Hall–Kier alpha value is -0.150. The molecule has 1 N–H and O–H groups in total. The van der Waals surface area contributed by atoms with Crippen LogP contribution in [0, 0.1) is 11.7 Å². The highest BCUT2D eigenvalue weighted by Gasteiger charge is 2.37. The summed E-state index contributed by atoms with van der Waals surface area (Å²) in [5.41, 5.74) is 0. The molecule has 2 aliphatic rings. The van der Waals surface area contributed by atoms with Crippen molar-refractivity contribution in [3.63, 3.8) is 0 Å². The number of hydrogen-bond donors (Lipinski definition) is 1. The average molecular weight is 472 g/mol. The number of aliphatic hydroxyl groups is 1. The lowest BCUT2D eigenvalue weighted by Gasteiger charge is -2.37. The van der Waals surface area contributed by atoms with Gasteiger partial charge in [0.25, 0.3) is 0 Å². The summed E-state index contributed by atoms with van der Waals surface area (Å²) in [5.74, 6) is 0.318. The molecule has 0 radical (unpaired) electrons. The Bertz CT molecular complexity index is 537. The molecule has 0 bridgehead atoms. The molecule has 2 heterocycles. The van der Waals surface area contributed by atoms with Gasteiger partial charge in [-0.25, -0.2) is 4.39 Å². The van der Waals surface area contributed by atoms with Gasteiger partial charge in [-0.05, 0) is 44.0 Å². The highest BCUT2D eigenvalue weighted by atomic mass is 127. The van der Waals surface area contributed by atoms with E-state index >= 15 is 0 Å². The molecule has 0 saturated carbocycles. The summed E-state index contributed by atoms with van der Waals surface area (Å²) >= 11 is 5.97. The Kier molecular flexibility index (Phi) is 8.00. The lowest BCUT2D eigenvalue weighted by Crippen LogP contribution is -2.47. The SMILES string of the molecule is I.OC1CCOCC1C1CCCN1CCOc1ccc(F)cc1Cl. The van der Waals surface area contributed by atoms with Gasteiger partial charge in [0.1, 0.15) is 18.2 Å². The molecule has 24 heavy (non-hydrogen) atoms. The Morgan fingerprint density at radius 2 is 2.21 bits per heavy atom. The van der Waals surface area contributed by atoms with Crippen molar-refractivity contribution in [2.45, 2.75) is 31.4 Å². The third-order valence-electron chi connectivity index (χ3n) is 4.80. The topological polar surface area (TPSA) is 41.9 Å². The van der Waals surface area contributed by atoms with E-state index in [-0.39, 0.29) is 41.8 Å². The summed E-state index contributed by atoms with van der Waals surface area (Å²) in [6, 6.07) is 4.50. The summed E-state index contributed by atoms with van der Waals surface area (Å²) in [4.78, 5) is 2.36. The van der Waals surface area contributed by atoms with Gasteiger partial charge in [-0.3, -0.25) is 4.90 Å². The van der Waals surface area contributed by atoms with Crippen molar-refractivity contribution < 1.29 is 19.0 Å². The predicted molar refractivity (Wildman–Crippen MR) is 102 cm³/mol. The third-order valence-corrected chi connectivity index (χ3v) is 5.10. The van der Waals surface area contributed by atoms with E-state index in [2.05, 4.69) is 4.90 Å². The van der Waals surface area contributed by atoms with Crippen molar-refractivity contribution in [2.24, 2.45) is 5.92 Å². The third kappa shape index (κ3) is 4.94. The largest absolute Gasteiger partial charge is 0.491 e. The number of aliphatic hydroxyl groups excluding tert-OH is 1. The van der Waals surface area contributed by atoms with Crippen LogP contribution in [0.25, 0.3) is 0 Å². The fraction of sp³-hybridized carbons (Fsp3) is 0.647. The van der Waals surface area contributed by atoms with E-state index in [4.69, 9.17) is 21.1 Å².